The number of hydrogen-bond acceptors (Lipinski definition) is 4. The van der Waals surface area contributed by atoms with Crippen LogP contribution in [0.1, 0.15) is 31.2 Å². The van der Waals surface area contributed by atoms with Crippen LogP contribution in [0, 0.1) is 0 Å². The Morgan fingerprint density at radius 1 is 1.40 bits per heavy atom. The highest BCUT2D eigenvalue weighted by Crippen LogP contribution is 2.31. The molecule has 110 valence electrons. The summed E-state index contributed by atoms with van der Waals surface area (Å²) in [6.45, 7) is 1.01. The van der Waals surface area contributed by atoms with E-state index in [2.05, 4.69) is 10.1 Å². The van der Waals surface area contributed by atoms with Gasteiger partial charge in [0.05, 0.1) is 23.4 Å². The first-order valence-corrected chi connectivity index (χ1v) is 7.20. The molecule has 0 saturated carbocycles. The van der Waals surface area contributed by atoms with E-state index in [-0.39, 0.29) is 18.5 Å². The van der Waals surface area contributed by atoms with Crippen molar-refractivity contribution in [3.63, 3.8) is 0 Å². The van der Waals surface area contributed by atoms with Crippen molar-refractivity contribution in [2.45, 2.75) is 31.7 Å². The first-order valence-electron chi connectivity index (χ1n) is 6.82. The Balaban J connectivity index is 2.31. The zero-order chi connectivity index (χ0) is 14.5. The number of oxime groups is 1. The Morgan fingerprint density at radius 2 is 2.20 bits per heavy atom. The highest BCUT2D eigenvalue weighted by Gasteiger charge is 2.22. The minimum absolute atomic E-state index is 0.0352. The molecule has 0 radical (unpaired) electrons. The number of aliphatic hydroxyl groups is 1. The van der Waals surface area contributed by atoms with Crippen LogP contribution in [0.5, 0.6) is 0 Å². The zero-order valence-corrected chi connectivity index (χ0v) is 12.1. The summed E-state index contributed by atoms with van der Waals surface area (Å²) < 4.78 is 0. The van der Waals surface area contributed by atoms with Crippen molar-refractivity contribution >= 4 is 23.1 Å². The predicted molar refractivity (Wildman–Crippen MR) is 80.7 cm³/mol. The van der Waals surface area contributed by atoms with E-state index in [1.54, 1.807) is 12.1 Å². The summed E-state index contributed by atoms with van der Waals surface area (Å²) >= 11 is 6.32. The smallest absolute Gasteiger partial charge is 0.170 e. The lowest BCUT2D eigenvalue weighted by Crippen LogP contribution is -2.37. The highest BCUT2D eigenvalue weighted by molar-refractivity contribution is 6.33. The third kappa shape index (κ3) is 3.16. The van der Waals surface area contributed by atoms with E-state index in [0.717, 1.165) is 31.5 Å². The molecule has 1 heterocycles. The van der Waals surface area contributed by atoms with Crippen LogP contribution in [-0.2, 0) is 0 Å². The molecular weight excluding hydrogens is 278 g/mol. The first-order chi connectivity index (χ1) is 9.67. The van der Waals surface area contributed by atoms with Crippen molar-refractivity contribution in [3.05, 3.63) is 28.8 Å². The van der Waals surface area contributed by atoms with Gasteiger partial charge in [0.2, 0.25) is 0 Å². The molecule has 2 rings (SSSR count). The van der Waals surface area contributed by atoms with Crippen molar-refractivity contribution in [3.8, 4) is 0 Å². The van der Waals surface area contributed by atoms with Crippen molar-refractivity contribution in [2.24, 2.45) is 10.9 Å². The molecular formula is C14H20ClN3O2. The summed E-state index contributed by atoms with van der Waals surface area (Å²) in [5.41, 5.74) is 7.03. The summed E-state index contributed by atoms with van der Waals surface area (Å²) in [5, 5.41) is 21.8. The molecule has 0 spiro atoms. The van der Waals surface area contributed by atoms with Gasteiger partial charge in [-0.15, -0.1) is 0 Å². The number of nitrogens with zero attached hydrogens (tertiary/aromatic N) is 2. The number of amidine groups is 1. The molecule has 1 fully saturated rings. The number of anilines is 1. The van der Waals surface area contributed by atoms with Crippen LogP contribution < -0.4 is 10.6 Å². The molecule has 1 aliphatic heterocycles. The summed E-state index contributed by atoms with van der Waals surface area (Å²) in [4.78, 5) is 2.16. The average Bonchev–Trinajstić information content (AvgIpc) is 2.71. The molecule has 0 aromatic heterocycles. The molecule has 6 heteroatoms. The number of rotatable bonds is 3. The van der Waals surface area contributed by atoms with Gasteiger partial charge < -0.3 is 20.9 Å². The molecule has 1 aromatic carbocycles. The zero-order valence-electron chi connectivity index (χ0n) is 11.3. The van der Waals surface area contributed by atoms with Gasteiger partial charge in [0.25, 0.3) is 0 Å². The molecule has 20 heavy (non-hydrogen) atoms. The van der Waals surface area contributed by atoms with Gasteiger partial charge in [-0.05, 0) is 31.0 Å². The number of aliphatic hydroxyl groups excluding tert-OH is 1. The van der Waals surface area contributed by atoms with E-state index >= 15 is 0 Å². The average molecular weight is 298 g/mol. The number of halogens is 1. The Kier molecular flexibility index (Phi) is 5.09. The van der Waals surface area contributed by atoms with E-state index in [0.29, 0.717) is 10.6 Å². The lowest BCUT2D eigenvalue weighted by Gasteiger charge is -2.31. The van der Waals surface area contributed by atoms with E-state index in [4.69, 9.17) is 22.5 Å². The lowest BCUT2D eigenvalue weighted by molar-refractivity contribution is 0.255. The van der Waals surface area contributed by atoms with Gasteiger partial charge in [-0.25, -0.2) is 0 Å². The number of nitrogens with two attached hydrogens (primary N) is 1. The second-order valence-electron chi connectivity index (χ2n) is 5.03. The van der Waals surface area contributed by atoms with Crippen molar-refractivity contribution in [1.82, 2.24) is 0 Å². The van der Waals surface area contributed by atoms with Crippen LogP contribution in [0.15, 0.2) is 23.4 Å². The lowest BCUT2D eigenvalue weighted by atomic mass is 10.1. The Bertz CT molecular complexity index is 493. The molecule has 0 amide bonds. The van der Waals surface area contributed by atoms with Gasteiger partial charge in [0.1, 0.15) is 0 Å². The molecule has 5 nitrogen and oxygen atoms in total. The summed E-state index contributed by atoms with van der Waals surface area (Å²) in [6, 6.07) is 5.43. The monoisotopic (exact) mass is 297 g/mol. The van der Waals surface area contributed by atoms with Crippen molar-refractivity contribution in [2.75, 3.05) is 18.1 Å². The maximum atomic E-state index is 9.56. The maximum absolute atomic E-state index is 9.56. The van der Waals surface area contributed by atoms with Crippen LogP contribution in [0.25, 0.3) is 0 Å². The molecule has 1 aliphatic rings. The van der Waals surface area contributed by atoms with Crippen LogP contribution in [0.4, 0.5) is 5.69 Å². The normalized spacial score (nSPS) is 20.8. The molecule has 4 N–H and O–H groups in total. The maximum Gasteiger partial charge on any atom is 0.170 e. The second kappa shape index (κ2) is 6.81. The standard InChI is InChI=1S/C14H20ClN3O2/c15-12-8-10(14(16)17-20)5-6-13(12)18-7-3-1-2-4-11(18)9-19/h5-6,8,11,19-20H,1-4,7,9H2,(H2,16,17). The predicted octanol–water partition coefficient (Wildman–Crippen LogP) is 2.18. The van der Waals surface area contributed by atoms with Crippen LogP contribution >= 0.6 is 11.6 Å². The fraction of sp³-hybridized carbons (Fsp3) is 0.500. The van der Waals surface area contributed by atoms with Gasteiger partial charge in [-0.1, -0.05) is 29.6 Å². The van der Waals surface area contributed by atoms with Gasteiger partial charge in [-0.2, -0.15) is 0 Å². The van der Waals surface area contributed by atoms with Crippen LogP contribution in [0.2, 0.25) is 5.02 Å². The van der Waals surface area contributed by atoms with Gasteiger partial charge >= 0.3 is 0 Å². The summed E-state index contributed by atoms with van der Waals surface area (Å²) in [7, 11) is 0. The highest BCUT2D eigenvalue weighted by atomic mass is 35.5. The minimum Gasteiger partial charge on any atom is -0.409 e. The van der Waals surface area contributed by atoms with Crippen LogP contribution in [-0.4, -0.2) is 35.3 Å². The van der Waals surface area contributed by atoms with Crippen molar-refractivity contribution in [1.29, 1.82) is 0 Å². The molecule has 0 bridgehead atoms. The van der Waals surface area contributed by atoms with Gasteiger partial charge in [0, 0.05) is 12.1 Å². The Labute approximate surface area is 123 Å². The van der Waals surface area contributed by atoms with Gasteiger partial charge in [-0.3, -0.25) is 0 Å². The molecule has 1 atom stereocenters. The van der Waals surface area contributed by atoms with E-state index in [1.165, 1.54) is 6.42 Å². The first kappa shape index (κ1) is 14.9. The molecule has 1 saturated heterocycles. The van der Waals surface area contributed by atoms with Crippen LogP contribution in [0.3, 0.4) is 0 Å². The van der Waals surface area contributed by atoms with E-state index in [1.807, 2.05) is 6.07 Å². The second-order valence-corrected chi connectivity index (χ2v) is 5.44. The molecule has 1 aromatic rings. The number of hydrogen-bond donors (Lipinski definition) is 3. The van der Waals surface area contributed by atoms with Crippen molar-refractivity contribution < 1.29 is 10.3 Å². The summed E-state index contributed by atoms with van der Waals surface area (Å²) in [5.74, 6) is 0.0352. The number of benzene rings is 1. The topological polar surface area (TPSA) is 82.1 Å². The SMILES string of the molecule is N/C(=N/O)c1ccc(N2CCCCCC2CO)c(Cl)c1. The minimum atomic E-state index is 0.0352. The fourth-order valence-electron chi connectivity index (χ4n) is 2.64. The van der Waals surface area contributed by atoms with E-state index in [9.17, 15) is 5.11 Å². The third-order valence-electron chi connectivity index (χ3n) is 3.75. The fourth-order valence-corrected chi connectivity index (χ4v) is 2.93. The Hall–Kier alpha value is -1.46. The van der Waals surface area contributed by atoms with Gasteiger partial charge in [0.15, 0.2) is 5.84 Å². The quantitative estimate of drug-likeness (QED) is 0.346. The summed E-state index contributed by atoms with van der Waals surface area (Å²) in [6.07, 6.45) is 4.36. The third-order valence-corrected chi connectivity index (χ3v) is 4.05. The molecule has 0 aliphatic carbocycles. The Morgan fingerprint density at radius 3 is 2.85 bits per heavy atom. The van der Waals surface area contributed by atoms with E-state index < -0.39 is 0 Å². The molecule has 1 unspecified atom stereocenters. The largest absolute Gasteiger partial charge is 0.409 e.